The summed E-state index contributed by atoms with van der Waals surface area (Å²) in [4.78, 5) is 31.9. The topological polar surface area (TPSA) is 98.0 Å². The van der Waals surface area contributed by atoms with E-state index in [-0.39, 0.29) is 31.1 Å². The maximum Gasteiger partial charge on any atom is 0.410 e. The summed E-state index contributed by atoms with van der Waals surface area (Å²) in [7, 11) is 0. The van der Waals surface area contributed by atoms with Crippen molar-refractivity contribution >= 4 is 12.0 Å². The van der Waals surface area contributed by atoms with Gasteiger partial charge in [-0.3, -0.25) is 4.79 Å². The summed E-state index contributed by atoms with van der Waals surface area (Å²) in [5.74, 6) is -0.00942. The Morgan fingerprint density at radius 2 is 1.79 bits per heavy atom. The lowest BCUT2D eigenvalue weighted by molar-refractivity contribution is -0.131. The van der Waals surface area contributed by atoms with Crippen molar-refractivity contribution in [3.05, 3.63) is 47.9 Å². The number of aromatic nitrogens is 1. The van der Waals surface area contributed by atoms with Gasteiger partial charge in [-0.25, -0.2) is 18.6 Å². The van der Waals surface area contributed by atoms with E-state index in [1.165, 1.54) is 11.0 Å². The number of benzene rings is 1. The van der Waals surface area contributed by atoms with Crippen LogP contribution < -0.4 is 10.5 Å². The molecule has 10 heteroatoms. The van der Waals surface area contributed by atoms with Crippen molar-refractivity contribution in [1.82, 2.24) is 14.8 Å². The molecule has 2 aliphatic rings. The summed E-state index contributed by atoms with van der Waals surface area (Å²) >= 11 is 0. The number of rotatable bonds is 8. The number of hydrogen-bond acceptors (Lipinski definition) is 6. The molecule has 38 heavy (non-hydrogen) atoms. The summed E-state index contributed by atoms with van der Waals surface area (Å²) in [5, 5.41) is 0. The zero-order chi connectivity index (χ0) is 27.2. The van der Waals surface area contributed by atoms with Gasteiger partial charge >= 0.3 is 6.09 Å². The number of carbonyl (C=O) groups is 2. The quantitative estimate of drug-likeness (QED) is 0.555. The van der Waals surface area contributed by atoms with Gasteiger partial charge in [-0.1, -0.05) is 12.1 Å². The molecule has 2 N–H and O–H groups in total. The summed E-state index contributed by atoms with van der Waals surface area (Å²) in [6, 6.07) is 7.43. The van der Waals surface area contributed by atoms with E-state index in [1.807, 2.05) is 19.9 Å². The summed E-state index contributed by atoms with van der Waals surface area (Å²) in [5.41, 5.74) is 7.71. The second kappa shape index (κ2) is 12.5. The van der Waals surface area contributed by atoms with Crippen molar-refractivity contribution in [3.63, 3.8) is 0 Å². The van der Waals surface area contributed by atoms with E-state index in [2.05, 4.69) is 4.98 Å². The molecule has 8 nitrogen and oxygen atoms in total. The van der Waals surface area contributed by atoms with Crippen LogP contribution in [0.1, 0.15) is 38.7 Å². The zero-order valence-electron chi connectivity index (χ0n) is 21.9. The molecule has 0 aliphatic carbocycles. The highest BCUT2D eigenvalue weighted by atomic mass is 19.1. The van der Waals surface area contributed by atoms with Crippen molar-refractivity contribution in [2.45, 2.75) is 57.8 Å². The minimum atomic E-state index is -1.02. The largest absolute Gasteiger partial charge is 0.477 e. The fraction of sp³-hybridized carbons (Fsp3) is 0.536. The van der Waals surface area contributed by atoms with Crippen LogP contribution in [0.2, 0.25) is 0 Å². The van der Waals surface area contributed by atoms with Crippen LogP contribution in [0, 0.1) is 11.7 Å². The molecule has 4 rings (SSSR count). The molecule has 2 unspecified atom stereocenters. The molecule has 3 heterocycles. The molecule has 0 radical (unpaired) electrons. The molecule has 0 bridgehead atoms. The molecule has 2 atom stereocenters. The van der Waals surface area contributed by atoms with E-state index in [9.17, 15) is 18.4 Å². The molecule has 2 aromatic rings. The second-order valence-electron chi connectivity index (χ2n) is 10.3. The van der Waals surface area contributed by atoms with E-state index in [0.717, 1.165) is 18.4 Å². The maximum absolute atomic E-state index is 14.8. The van der Waals surface area contributed by atoms with E-state index in [1.54, 1.807) is 29.3 Å². The van der Waals surface area contributed by atoms with E-state index in [0.29, 0.717) is 55.6 Å². The Labute approximate surface area is 222 Å². The highest BCUT2D eigenvalue weighted by Crippen LogP contribution is 2.25. The van der Waals surface area contributed by atoms with Gasteiger partial charge in [0.15, 0.2) is 0 Å². The van der Waals surface area contributed by atoms with Gasteiger partial charge < -0.3 is 25.0 Å². The lowest BCUT2D eigenvalue weighted by Crippen LogP contribution is -2.44. The molecule has 0 saturated carbocycles. The number of nitrogens with zero attached hydrogens (tertiary/aromatic N) is 3. The number of ether oxygens (including phenoxy) is 2. The Bertz CT molecular complexity index is 1110. The van der Waals surface area contributed by atoms with Crippen molar-refractivity contribution in [3.8, 4) is 17.0 Å². The number of piperidine rings is 1. The molecular formula is C28H36F2N4O4. The predicted octanol–water partition coefficient (Wildman–Crippen LogP) is 3.96. The van der Waals surface area contributed by atoms with E-state index in [4.69, 9.17) is 15.2 Å². The van der Waals surface area contributed by atoms with Crippen molar-refractivity contribution < 1.29 is 27.8 Å². The number of halogens is 2. The third kappa shape index (κ3) is 7.18. The average molecular weight is 531 g/mol. The fourth-order valence-corrected chi connectivity index (χ4v) is 4.77. The van der Waals surface area contributed by atoms with Gasteiger partial charge in [-0.05, 0) is 68.7 Å². The smallest absolute Gasteiger partial charge is 0.410 e. The van der Waals surface area contributed by atoms with Crippen LogP contribution in [0.15, 0.2) is 36.5 Å². The van der Waals surface area contributed by atoms with E-state index >= 15 is 0 Å². The van der Waals surface area contributed by atoms with Crippen LogP contribution >= 0.6 is 0 Å². The SMILES string of the molecule is CC(C)OC(=O)N1CCC(COc2ccc(-c3ccc(CC(N)C(=O)N4CCC(F)C4)c(F)c3)cn2)CC1. The summed E-state index contributed by atoms with van der Waals surface area (Å²) in [6.45, 7) is 5.86. The van der Waals surface area contributed by atoms with Crippen LogP contribution in [-0.4, -0.2) is 77.9 Å². The molecule has 2 aliphatic heterocycles. The predicted molar refractivity (Wildman–Crippen MR) is 139 cm³/mol. The van der Waals surface area contributed by atoms with Gasteiger partial charge in [0.1, 0.15) is 12.0 Å². The van der Waals surface area contributed by atoms with Crippen LogP contribution in [0.5, 0.6) is 5.88 Å². The standard InChI is InChI=1S/C28H36F2N4O4/c1-18(2)38-28(36)33-10-7-19(8-11-33)17-37-26-6-5-22(15-32-26)20-3-4-21(24(30)13-20)14-25(31)27(35)34-12-9-23(29)16-34/h3-6,13,15,18-19,23,25H,7-12,14,16-17,31H2,1-2H3. The van der Waals surface area contributed by atoms with Gasteiger partial charge in [0.25, 0.3) is 0 Å². The lowest BCUT2D eigenvalue weighted by atomic mass is 9.98. The maximum atomic E-state index is 14.8. The molecule has 2 amide bonds. The van der Waals surface area contributed by atoms with Gasteiger partial charge in [0, 0.05) is 37.5 Å². The minimum absolute atomic E-state index is 0.0429. The third-order valence-electron chi connectivity index (χ3n) is 7.00. The molecule has 0 spiro atoms. The Morgan fingerprint density at radius 1 is 1.08 bits per heavy atom. The lowest BCUT2D eigenvalue weighted by Gasteiger charge is -2.31. The Kier molecular flexibility index (Phi) is 9.14. The number of hydrogen-bond donors (Lipinski definition) is 1. The van der Waals surface area contributed by atoms with Gasteiger partial charge in [0.05, 0.1) is 25.3 Å². The van der Waals surface area contributed by atoms with Crippen molar-refractivity contribution in [2.24, 2.45) is 11.7 Å². The first-order chi connectivity index (χ1) is 18.2. The van der Waals surface area contributed by atoms with Crippen molar-refractivity contribution in [2.75, 3.05) is 32.8 Å². The molecule has 2 fully saturated rings. The molecule has 1 aromatic carbocycles. The number of alkyl halides is 1. The molecule has 1 aromatic heterocycles. The Hall–Kier alpha value is -3.27. The first-order valence-corrected chi connectivity index (χ1v) is 13.2. The minimum Gasteiger partial charge on any atom is -0.477 e. The second-order valence-corrected chi connectivity index (χ2v) is 10.3. The number of nitrogens with two attached hydrogens (primary N) is 1. The number of carbonyl (C=O) groups excluding carboxylic acids is 2. The van der Waals surface area contributed by atoms with Crippen LogP contribution in [0.4, 0.5) is 13.6 Å². The van der Waals surface area contributed by atoms with Gasteiger partial charge in [-0.15, -0.1) is 0 Å². The molecular weight excluding hydrogens is 494 g/mol. The zero-order valence-corrected chi connectivity index (χ0v) is 21.9. The van der Waals surface area contributed by atoms with Crippen LogP contribution in [-0.2, 0) is 16.0 Å². The summed E-state index contributed by atoms with van der Waals surface area (Å²) < 4.78 is 39.3. The van der Waals surface area contributed by atoms with Gasteiger partial charge in [-0.2, -0.15) is 0 Å². The van der Waals surface area contributed by atoms with Gasteiger partial charge in [0.2, 0.25) is 11.8 Å². The normalized spacial score (nSPS) is 19.1. The van der Waals surface area contributed by atoms with Crippen molar-refractivity contribution in [1.29, 1.82) is 0 Å². The Morgan fingerprint density at radius 3 is 2.39 bits per heavy atom. The highest BCUT2D eigenvalue weighted by Gasteiger charge is 2.29. The Balaban J connectivity index is 1.26. The number of amides is 2. The number of pyridine rings is 1. The first kappa shape index (κ1) is 27.8. The third-order valence-corrected chi connectivity index (χ3v) is 7.00. The molecule has 206 valence electrons. The van der Waals surface area contributed by atoms with E-state index < -0.39 is 18.0 Å². The van der Waals surface area contributed by atoms with Crippen LogP contribution in [0.3, 0.4) is 0 Å². The molecule has 2 saturated heterocycles. The highest BCUT2D eigenvalue weighted by molar-refractivity contribution is 5.82. The van der Waals surface area contributed by atoms with Crippen LogP contribution in [0.25, 0.3) is 11.1 Å². The first-order valence-electron chi connectivity index (χ1n) is 13.2. The average Bonchev–Trinajstić information content (AvgIpc) is 3.34. The fourth-order valence-electron chi connectivity index (χ4n) is 4.77. The number of likely N-dealkylation sites (tertiary alicyclic amines) is 2. The summed E-state index contributed by atoms with van der Waals surface area (Å²) in [6.07, 6.45) is 2.24. The monoisotopic (exact) mass is 530 g/mol.